The Labute approximate surface area is 206 Å². The van der Waals surface area contributed by atoms with E-state index in [0.29, 0.717) is 29.5 Å². The number of amides is 1. The highest BCUT2D eigenvalue weighted by molar-refractivity contribution is 7.92. The molecule has 0 bridgehead atoms. The largest absolute Gasteiger partial charge is 0.494 e. The highest BCUT2D eigenvalue weighted by atomic mass is 32.2. The lowest BCUT2D eigenvalue weighted by atomic mass is 10.2. The Morgan fingerprint density at radius 2 is 1.57 bits per heavy atom. The normalized spacial score (nSPS) is 11.0. The van der Waals surface area contributed by atoms with E-state index in [1.165, 1.54) is 19.2 Å². The smallest absolute Gasteiger partial charge is 0.264 e. The zero-order valence-electron chi connectivity index (χ0n) is 20.3. The van der Waals surface area contributed by atoms with Crippen molar-refractivity contribution in [1.29, 1.82) is 0 Å². The quantitative estimate of drug-likeness (QED) is 0.431. The summed E-state index contributed by atoms with van der Waals surface area (Å²) in [5.74, 6) is 1.27. The molecule has 0 aliphatic heterocycles. The zero-order valence-corrected chi connectivity index (χ0v) is 21.1. The van der Waals surface area contributed by atoms with Gasteiger partial charge in [0.05, 0.1) is 31.4 Å². The van der Waals surface area contributed by atoms with Crippen LogP contribution in [0.1, 0.15) is 18.1 Å². The third kappa shape index (κ3) is 6.45. The Morgan fingerprint density at radius 1 is 0.914 bits per heavy atom. The number of sulfonamides is 1. The minimum atomic E-state index is -4.00. The summed E-state index contributed by atoms with van der Waals surface area (Å²) in [6, 6.07) is 18.4. The van der Waals surface area contributed by atoms with Gasteiger partial charge in [-0.05, 0) is 67.9 Å². The predicted molar refractivity (Wildman–Crippen MR) is 135 cm³/mol. The fourth-order valence-corrected chi connectivity index (χ4v) is 4.83. The van der Waals surface area contributed by atoms with Crippen LogP contribution in [-0.4, -0.2) is 41.7 Å². The molecule has 0 aliphatic rings. The van der Waals surface area contributed by atoms with Gasteiger partial charge in [-0.25, -0.2) is 8.42 Å². The molecule has 0 aliphatic carbocycles. The van der Waals surface area contributed by atoms with E-state index in [1.807, 2.05) is 13.8 Å². The third-order valence-corrected chi connectivity index (χ3v) is 7.06. The molecule has 3 aromatic carbocycles. The van der Waals surface area contributed by atoms with Crippen LogP contribution in [0.4, 0.5) is 5.69 Å². The Morgan fingerprint density at radius 3 is 2.17 bits per heavy atom. The van der Waals surface area contributed by atoms with Crippen molar-refractivity contribution in [1.82, 2.24) is 5.32 Å². The minimum Gasteiger partial charge on any atom is -0.494 e. The van der Waals surface area contributed by atoms with E-state index in [-0.39, 0.29) is 11.4 Å². The highest BCUT2D eigenvalue weighted by Gasteiger charge is 2.27. The maximum atomic E-state index is 13.5. The number of carbonyl (C=O) groups is 1. The Hall–Kier alpha value is -3.72. The number of benzene rings is 3. The summed E-state index contributed by atoms with van der Waals surface area (Å²) in [7, 11) is -0.921. The van der Waals surface area contributed by atoms with Crippen LogP contribution in [0.15, 0.2) is 71.6 Å². The lowest BCUT2D eigenvalue weighted by molar-refractivity contribution is -0.119. The molecule has 8 nitrogen and oxygen atoms in total. The number of nitrogens with zero attached hydrogens (tertiary/aromatic N) is 1. The number of methoxy groups -OCH3 is 2. The number of aryl methyl sites for hydroxylation is 1. The first-order chi connectivity index (χ1) is 16.8. The van der Waals surface area contributed by atoms with Crippen molar-refractivity contribution < 1.29 is 27.4 Å². The lowest BCUT2D eigenvalue weighted by Crippen LogP contribution is -2.40. The molecule has 186 valence electrons. The van der Waals surface area contributed by atoms with Crippen molar-refractivity contribution in [3.8, 4) is 17.2 Å². The Bertz CT molecular complexity index is 1240. The fraction of sp³-hybridized carbons (Fsp3) is 0.269. The van der Waals surface area contributed by atoms with Gasteiger partial charge in [0.2, 0.25) is 5.91 Å². The van der Waals surface area contributed by atoms with Gasteiger partial charge in [-0.15, -0.1) is 0 Å². The first-order valence-corrected chi connectivity index (χ1v) is 12.5. The number of anilines is 1. The summed E-state index contributed by atoms with van der Waals surface area (Å²) < 4.78 is 44.1. The van der Waals surface area contributed by atoms with Gasteiger partial charge < -0.3 is 19.5 Å². The molecule has 0 aromatic heterocycles. The molecule has 3 rings (SSSR count). The van der Waals surface area contributed by atoms with Gasteiger partial charge in [-0.1, -0.05) is 23.8 Å². The summed E-state index contributed by atoms with van der Waals surface area (Å²) >= 11 is 0. The van der Waals surface area contributed by atoms with Crippen molar-refractivity contribution in [2.75, 3.05) is 31.7 Å². The predicted octanol–water partition coefficient (Wildman–Crippen LogP) is 3.92. The molecular weight excluding hydrogens is 468 g/mol. The third-order valence-electron chi connectivity index (χ3n) is 5.27. The van der Waals surface area contributed by atoms with Gasteiger partial charge in [-0.3, -0.25) is 9.10 Å². The van der Waals surface area contributed by atoms with Crippen LogP contribution in [0.3, 0.4) is 0 Å². The first-order valence-electron chi connectivity index (χ1n) is 11.1. The number of ether oxygens (including phenoxy) is 3. The molecule has 1 amide bonds. The van der Waals surface area contributed by atoms with Crippen molar-refractivity contribution in [2.45, 2.75) is 25.3 Å². The van der Waals surface area contributed by atoms with Gasteiger partial charge >= 0.3 is 0 Å². The second-order valence-electron chi connectivity index (χ2n) is 7.72. The monoisotopic (exact) mass is 498 g/mol. The van der Waals surface area contributed by atoms with E-state index < -0.39 is 22.5 Å². The summed E-state index contributed by atoms with van der Waals surface area (Å²) in [6.07, 6.45) is 0. The molecule has 0 radical (unpaired) electrons. The van der Waals surface area contributed by atoms with Crippen molar-refractivity contribution in [2.24, 2.45) is 0 Å². The Balaban J connectivity index is 1.83. The van der Waals surface area contributed by atoms with Crippen LogP contribution in [-0.2, 0) is 21.4 Å². The number of hydrogen-bond acceptors (Lipinski definition) is 6. The van der Waals surface area contributed by atoms with E-state index in [4.69, 9.17) is 14.2 Å². The maximum absolute atomic E-state index is 13.5. The number of nitrogens with one attached hydrogen (secondary N) is 1. The summed E-state index contributed by atoms with van der Waals surface area (Å²) in [4.78, 5) is 13.0. The van der Waals surface area contributed by atoms with Crippen LogP contribution in [0, 0.1) is 6.92 Å². The molecular formula is C26H30N2O6S. The molecule has 0 heterocycles. The average Bonchev–Trinajstić information content (AvgIpc) is 2.86. The van der Waals surface area contributed by atoms with Crippen molar-refractivity contribution in [3.05, 3.63) is 77.9 Å². The number of carbonyl (C=O) groups excluding carboxylic acids is 1. The minimum absolute atomic E-state index is 0.102. The zero-order chi connectivity index (χ0) is 25.4. The topological polar surface area (TPSA) is 94.2 Å². The SMILES string of the molecule is CCOc1ccc(N(CC(=O)NCc2ccc(OC)c(OC)c2)S(=O)(=O)c2ccc(C)cc2)cc1. The maximum Gasteiger partial charge on any atom is 0.264 e. The molecule has 0 saturated heterocycles. The molecule has 35 heavy (non-hydrogen) atoms. The number of rotatable bonds is 11. The van der Waals surface area contributed by atoms with Crippen LogP contribution < -0.4 is 23.8 Å². The van der Waals surface area contributed by atoms with E-state index in [1.54, 1.807) is 61.7 Å². The van der Waals surface area contributed by atoms with Gasteiger partial charge in [0.15, 0.2) is 11.5 Å². The summed E-state index contributed by atoms with van der Waals surface area (Å²) in [5, 5.41) is 2.79. The van der Waals surface area contributed by atoms with Gasteiger partial charge in [0.1, 0.15) is 12.3 Å². The standard InChI is InChI=1S/C26H30N2O6S/c1-5-34-22-11-9-21(10-12-22)28(35(30,31)23-13-6-19(2)7-14-23)18-26(29)27-17-20-8-15-24(32-3)25(16-20)33-4/h6-16H,5,17-18H2,1-4H3,(H,27,29). The summed E-state index contributed by atoms with van der Waals surface area (Å²) in [5.41, 5.74) is 2.07. The molecule has 0 spiro atoms. The highest BCUT2D eigenvalue weighted by Crippen LogP contribution is 2.28. The van der Waals surface area contributed by atoms with Crippen molar-refractivity contribution in [3.63, 3.8) is 0 Å². The second kappa shape index (κ2) is 11.6. The lowest BCUT2D eigenvalue weighted by Gasteiger charge is -2.24. The molecule has 0 fully saturated rings. The molecule has 0 saturated carbocycles. The van der Waals surface area contributed by atoms with Crippen LogP contribution in [0.5, 0.6) is 17.2 Å². The van der Waals surface area contributed by atoms with Gasteiger partial charge in [0.25, 0.3) is 10.0 Å². The molecule has 1 N–H and O–H groups in total. The van der Waals surface area contributed by atoms with Gasteiger partial charge in [0, 0.05) is 6.54 Å². The van der Waals surface area contributed by atoms with Crippen LogP contribution >= 0.6 is 0 Å². The molecule has 0 atom stereocenters. The van der Waals surface area contributed by atoms with Crippen LogP contribution in [0.25, 0.3) is 0 Å². The fourth-order valence-electron chi connectivity index (χ4n) is 3.41. The van der Waals surface area contributed by atoms with E-state index in [9.17, 15) is 13.2 Å². The first kappa shape index (κ1) is 25.9. The van der Waals surface area contributed by atoms with E-state index in [0.717, 1.165) is 15.4 Å². The average molecular weight is 499 g/mol. The molecule has 3 aromatic rings. The van der Waals surface area contributed by atoms with Crippen LogP contribution in [0.2, 0.25) is 0 Å². The Kier molecular flexibility index (Phi) is 8.59. The van der Waals surface area contributed by atoms with Gasteiger partial charge in [-0.2, -0.15) is 0 Å². The van der Waals surface area contributed by atoms with Crippen molar-refractivity contribution >= 4 is 21.6 Å². The van der Waals surface area contributed by atoms with E-state index >= 15 is 0 Å². The molecule has 9 heteroatoms. The number of hydrogen-bond donors (Lipinski definition) is 1. The summed E-state index contributed by atoms with van der Waals surface area (Å²) in [6.45, 7) is 4.04. The second-order valence-corrected chi connectivity index (χ2v) is 9.58. The van der Waals surface area contributed by atoms with E-state index in [2.05, 4.69) is 5.32 Å². The molecule has 0 unspecified atom stereocenters.